The highest BCUT2D eigenvalue weighted by molar-refractivity contribution is 9.09. The summed E-state index contributed by atoms with van der Waals surface area (Å²) in [4.78, 5) is 51.9. The van der Waals surface area contributed by atoms with Crippen LogP contribution in [-0.4, -0.2) is 87.1 Å². The van der Waals surface area contributed by atoms with Crippen molar-refractivity contribution in [1.82, 2.24) is 9.80 Å². The first-order chi connectivity index (χ1) is 21.4. The first-order valence-corrected chi connectivity index (χ1v) is 18.8. The molecule has 246 valence electrons. The highest BCUT2D eigenvalue weighted by Crippen LogP contribution is 2.29. The number of ketones is 2. The molecule has 9 nitrogen and oxygen atoms in total. The minimum atomic E-state index is -2.24. The molecular formula is C34H45BrN2O7S. The maximum Gasteiger partial charge on any atom is 0.410 e. The van der Waals surface area contributed by atoms with E-state index in [9.17, 15) is 23.4 Å². The van der Waals surface area contributed by atoms with Gasteiger partial charge in [0.1, 0.15) is 19.0 Å². The Bertz CT molecular complexity index is 1400. The Hall–Kier alpha value is -3.18. The van der Waals surface area contributed by atoms with Crippen LogP contribution in [0.1, 0.15) is 37.8 Å². The molecule has 0 unspecified atom stereocenters. The summed E-state index contributed by atoms with van der Waals surface area (Å²) >= 11 is 3.22. The lowest BCUT2D eigenvalue weighted by Crippen LogP contribution is -2.31. The van der Waals surface area contributed by atoms with E-state index in [0.717, 1.165) is 24.0 Å². The number of hydrogen-bond acceptors (Lipinski definition) is 7. The van der Waals surface area contributed by atoms with Crippen molar-refractivity contribution in [1.29, 1.82) is 0 Å². The molecule has 2 aromatic rings. The van der Waals surface area contributed by atoms with Gasteiger partial charge < -0.3 is 19.3 Å². The Kier molecular flexibility index (Phi) is 14.1. The third-order valence-electron chi connectivity index (χ3n) is 8.17. The number of rotatable bonds is 10. The van der Waals surface area contributed by atoms with Crippen LogP contribution in [0.3, 0.4) is 0 Å². The van der Waals surface area contributed by atoms with Gasteiger partial charge in [0.25, 0.3) is 0 Å². The van der Waals surface area contributed by atoms with Gasteiger partial charge in [0.15, 0.2) is 5.78 Å². The number of carbonyl (C=O) groups is 4. The number of benzene rings is 2. The van der Waals surface area contributed by atoms with Crippen LogP contribution >= 0.6 is 15.9 Å². The van der Waals surface area contributed by atoms with Gasteiger partial charge in [-0.25, -0.2) is 9.59 Å². The summed E-state index contributed by atoms with van der Waals surface area (Å²) in [7, 11) is -2.24. The zero-order chi connectivity index (χ0) is 33.0. The maximum absolute atomic E-state index is 12.4. The van der Waals surface area contributed by atoms with Crippen molar-refractivity contribution in [3.05, 3.63) is 71.8 Å². The van der Waals surface area contributed by atoms with Gasteiger partial charge in [0.2, 0.25) is 0 Å². The van der Waals surface area contributed by atoms with E-state index in [1.54, 1.807) is 22.3 Å². The van der Waals surface area contributed by atoms with Crippen LogP contribution < -0.4 is 0 Å². The van der Waals surface area contributed by atoms with E-state index in [1.807, 2.05) is 67.6 Å². The first kappa shape index (κ1) is 36.3. The van der Waals surface area contributed by atoms with Crippen LogP contribution in [-0.2, 0) is 41.8 Å². The van der Waals surface area contributed by atoms with Crippen molar-refractivity contribution in [3.8, 4) is 0 Å². The second-order valence-electron chi connectivity index (χ2n) is 11.9. The number of alkyl halides is 1. The molecule has 0 aliphatic carbocycles. The lowest BCUT2D eigenvalue weighted by Gasteiger charge is -2.16. The topological polar surface area (TPSA) is 110 Å². The Morgan fingerprint density at radius 3 is 1.58 bits per heavy atom. The molecule has 0 saturated carbocycles. The Morgan fingerprint density at radius 2 is 1.18 bits per heavy atom. The number of carbonyl (C=O) groups excluding carboxylic acids is 4. The molecule has 0 bridgehead atoms. The molecule has 2 fully saturated rings. The van der Waals surface area contributed by atoms with Gasteiger partial charge in [-0.2, -0.15) is 0 Å². The predicted molar refractivity (Wildman–Crippen MR) is 181 cm³/mol. The van der Waals surface area contributed by atoms with Crippen LogP contribution in [0.2, 0.25) is 0 Å². The summed E-state index contributed by atoms with van der Waals surface area (Å²) in [5.74, 6) is -0.00632. The summed E-state index contributed by atoms with van der Waals surface area (Å²) in [5.41, 5.74) is 1.89. The van der Waals surface area contributed by atoms with E-state index in [0.29, 0.717) is 31.5 Å². The second-order valence-corrected chi connectivity index (χ2v) is 15.3. The normalized spacial score (nSPS) is 21.0. The van der Waals surface area contributed by atoms with Crippen molar-refractivity contribution in [2.45, 2.75) is 39.9 Å². The average Bonchev–Trinajstić information content (AvgIpc) is 3.68. The zero-order valence-electron chi connectivity index (χ0n) is 26.6. The average molecular weight is 706 g/mol. The van der Waals surface area contributed by atoms with E-state index in [2.05, 4.69) is 22.9 Å². The summed E-state index contributed by atoms with van der Waals surface area (Å²) in [6.07, 6.45) is 4.05. The molecule has 2 aromatic carbocycles. The molecule has 2 aliphatic heterocycles. The predicted octanol–water partition coefficient (Wildman–Crippen LogP) is 5.44. The van der Waals surface area contributed by atoms with E-state index >= 15 is 0 Å². The van der Waals surface area contributed by atoms with Crippen LogP contribution in [0.4, 0.5) is 9.59 Å². The smallest absolute Gasteiger partial charge is 0.410 e. The fraction of sp³-hybridized carbons (Fsp3) is 0.500. The molecule has 0 aromatic heterocycles. The fourth-order valence-electron chi connectivity index (χ4n) is 5.64. The molecule has 2 heterocycles. The molecule has 4 rings (SSSR count). The quantitative estimate of drug-likeness (QED) is 0.239. The van der Waals surface area contributed by atoms with Gasteiger partial charge in [0.05, 0.1) is 5.33 Å². The number of likely N-dealkylation sites (tertiary alicyclic amines) is 2. The highest BCUT2D eigenvalue weighted by Gasteiger charge is 2.39. The van der Waals surface area contributed by atoms with E-state index in [4.69, 9.17) is 9.47 Å². The molecule has 4 atom stereocenters. The van der Waals surface area contributed by atoms with Gasteiger partial charge in [-0.05, 0) is 32.5 Å². The molecule has 45 heavy (non-hydrogen) atoms. The van der Waals surface area contributed by atoms with Crippen molar-refractivity contribution in [2.75, 3.05) is 44.0 Å². The van der Waals surface area contributed by atoms with Crippen molar-refractivity contribution < 1.29 is 32.9 Å². The zero-order valence-corrected chi connectivity index (χ0v) is 29.0. The number of hydrogen-bond donors (Lipinski definition) is 0. The number of ether oxygens (including phenoxy) is 2. The van der Waals surface area contributed by atoms with Crippen LogP contribution in [0.25, 0.3) is 0 Å². The standard InChI is InChI=1S/C18H25NO4S.C16H20BrNO3/c1-4-15-10-19(11-16(15)17(20)13-24(2,3)22)18(21)23-12-14-8-6-5-7-9-14;1-2-13-9-18(10-14(13)15(19)8-17)16(20)21-11-12-6-4-3-5-7-12/h5-9,13,15-16H,4,10-12H2,1-3H3;3-7,13-14H,2,8-11H2,1H3/t15-,16+;13-,14+/m11/s1. The Morgan fingerprint density at radius 1 is 0.756 bits per heavy atom. The fourth-order valence-corrected chi connectivity index (χ4v) is 6.79. The molecule has 11 heteroatoms. The number of nitrogens with zero attached hydrogens (tertiary/aromatic N) is 2. The Balaban J connectivity index is 0.000000248. The lowest BCUT2D eigenvalue weighted by molar-refractivity contribution is -0.121. The van der Waals surface area contributed by atoms with Gasteiger partial charge in [-0.1, -0.05) is 103 Å². The number of amides is 2. The van der Waals surface area contributed by atoms with E-state index in [-0.39, 0.29) is 54.5 Å². The molecule has 2 amide bonds. The molecule has 0 spiro atoms. The van der Waals surface area contributed by atoms with Crippen LogP contribution in [0.15, 0.2) is 60.7 Å². The van der Waals surface area contributed by atoms with Crippen LogP contribution in [0.5, 0.6) is 0 Å². The summed E-state index contributed by atoms with van der Waals surface area (Å²) in [5, 5.41) is 1.67. The van der Waals surface area contributed by atoms with Crippen molar-refractivity contribution >= 4 is 54.6 Å². The van der Waals surface area contributed by atoms with E-state index in [1.165, 1.54) is 5.37 Å². The molecule has 2 saturated heterocycles. The van der Waals surface area contributed by atoms with Gasteiger partial charge in [0, 0.05) is 55.9 Å². The summed E-state index contributed by atoms with van der Waals surface area (Å²) < 4.78 is 22.5. The van der Waals surface area contributed by atoms with Gasteiger partial charge in [-0.15, -0.1) is 0 Å². The summed E-state index contributed by atoms with van der Waals surface area (Å²) in [6.45, 7) is 6.44. The minimum absolute atomic E-state index is 0.0707. The molecular weight excluding hydrogens is 660 g/mol. The third kappa shape index (κ3) is 11.3. The summed E-state index contributed by atoms with van der Waals surface area (Å²) in [6, 6.07) is 19.1. The van der Waals surface area contributed by atoms with Gasteiger partial charge in [-0.3, -0.25) is 13.8 Å². The SMILES string of the molecule is CC[C@@H]1CN(C(=O)OCc2ccccc2)C[C@@H]1C(=O)C=S(C)(C)=O.CC[C@@H]1CN(C(=O)OCc2ccccc2)C[C@@H]1C(=O)CBr. The Labute approximate surface area is 275 Å². The monoisotopic (exact) mass is 704 g/mol. The second kappa shape index (κ2) is 17.5. The highest BCUT2D eigenvalue weighted by atomic mass is 79.9. The van der Waals surface area contributed by atoms with Crippen LogP contribution in [0, 0.1) is 23.7 Å². The maximum atomic E-state index is 12.4. The molecule has 0 radical (unpaired) electrons. The number of Topliss-reactive ketones (excluding diaryl/α,β-unsaturated/α-hetero) is 2. The lowest BCUT2D eigenvalue weighted by atomic mass is 9.91. The first-order valence-electron chi connectivity index (χ1n) is 15.3. The van der Waals surface area contributed by atoms with E-state index < -0.39 is 15.6 Å². The molecule has 2 aliphatic rings. The molecule has 0 N–H and O–H groups in total. The van der Waals surface area contributed by atoms with Gasteiger partial charge >= 0.3 is 12.2 Å². The third-order valence-corrected chi connectivity index (χ3v) is 9.52. The largest absolute Gasteiger partial charge is 0.445 e. The van der Waals surface area contributed by atoms with Crippen molar-refractivity contribution in [2.24, 2.45) is 23.7 Å². The van der Waals surface area contributed by atoms with Crippen molar-refractivity contribution in [3.63, 3.8) is 0 Å². The minimum Gasteiger partial charge on any atom is -0.445 e. The number of halogens is 1.